The molecule has 0 atom stereocenters. The predicted molar refractivity (Wildman–Crippen MR) is 89.2 cm³/mol. The number of rotatable bonds is 4. The molecule has 1 fully saturated rings. The van der Waals surface area contributed by atoms with E-state index in [1.807, 2.05) is 18.3 Å². The van der Waals surface area contributed by atoms with Crippen LogP contribution in [-0.2, 0) is 11.2 Å². The zero-order valence-corrected chi connectivity index (χ0v) is 13.0. The fraction of sp³-hybridized carbons (Fsp3) is 0.278. The van der Waals surface area contributed by atoms with E-state index in [4.69, 9.17) is 0 Å². The average molecular weight is 306 g/mol. The van der Waals surface area contributed by atoms with Crippen molar-refractivity contribution in [2.24, 2.45) is 5.92 Å². The van der Waals surface area contributed by atoms with Gasteiger partial charge >= 0.3 is 0 Å². The van der Waals surface area contributed by atoms with Crippen molar-refractivity contribution in [3.63, 3.8) is 0 Å². The molecule has 3 aromatic rings. The van der Waals surface area contributed by atoms with E-state index in [9.17, 15) is 4.79 Å². The monoisotopic (exact) mass is 306 g/mol. The quantitative estimate of drug-likeness (QED) is 0.804. The Bertz CT molecular complexity index is 862. The first-order valence-corrected chi connectivity index (χ1v) is 8.00. The summed E-state index contributed by atoms with van der Waals surface area (Å²) < 4.78 is 1.71. The van der Waals surface area contributed by atoms with E-state index in [2.05, 4.69) is 46.6 Å². The Morgan fingerprint density at radius 1 is 1.26 bits per heavy atom. The molecule has 23 heavy (non-hydrogen) atoms. The third-order valence-corrected chi connectivity index (χ3v) is 4.22. The van der Waals surface area contributed by atoms with Gasteiger partial charge in [0.1, 0.15) is 0 Å². The normalized spacial score (nSPS) is 14.1. The molecule has 0 aliphatic heterocycles. The second kappa shape index (κ2) is 5.50. The van der Waals surface area contributed by atoms with Crippen molar-refractivity contribution >= 4 is 17.5 Å². The van der Waals surface area contributed by atoms with Gasteiger partial charge in [0.05, 0.1) is 0 Å². The van der Waals surface area contributed by atoms with Crippen LogP contribution in [0.2, 0.25) is 0 Å². The van der Waals surface area contributed by atoms with E-state index in [1.165, 1.54) is 5.56 Å². The highest BCUT2D eigenvalue weighted by Gasteiger charge is 2.30. The van der Waals surface area contributed by atoms with Crippen LogP contribution in [0.5, 0.6) is 0 Å². The molecule has 1 aliphatic carbocycles. The molecule has 0 radical (unpaired) electrons. The van der Waals surface area contributed by atoms with Gasteiger partial charge in [0.2, 0.25) is 11.9 Å². The van der Waals surface area contributed by atoms with Gasteiger partial charge in [-0.3, -0.25) is 10.1 Å². The van der Waals surface area contributed by atoms with Crippen molar-refractivity contribution in [2.45, 2.75) is 26.2 Å². The zero-order chi connectivity index (χ0) is 15.8. The summed E-state index contributed by atoms with van der Waals surface area (Å²) >= 11 is 0. The average Bonchev–Trinajstić information content (AvgIpc) is 3.35. The molecular formula is C18H18N4O. The second-order valence-corrected chi connectivity index (χ2v) is 5.94. The number of carbonyl (C=O) groups excluding carboxylic acids is 1. The standard InChI is InChI=1S/C18H18N4O/c1-2-12-5-7-13(8-6-12)15-4-3-11-22-16(15)19-18(21-22)20-17(23)14-9-10-14/h3-8,11,14H,2,9-10H2,1H3,(H,20,21,23). The highest BCUT2D eigenvalue weighted by atomic mass is 16.2. The fourth-order valence-corrected chi connectivity index (χ4v) is 2.66. The van der Waals surface area contributed by atoms with Crippen molar-refractivity contribution in [1.29, 1.82) is 0 Å². The Labute approximate surface area is 134 Å². The number of nitrogens with zero attached hydrogens (tertiary/aromatic N) is 3. The van der Waals surface area contributed by atoms with E-state index in [1.54, 1.807) is 4.52 Å². The van der Waals surface area contributed by atoms with Crippen LogP contribution < -0.4 is 5.32 Å². The fourth-order valence-electron chi connectivity index (χ4n) is 2.66. The van der Waals surface area contributed by atoms with Gasteiger partial charge in [0.15, 0.2) is 5.65 Å². The van der Waals surface area contributed by atoms with Crippen LogP contribution in [0.15, 0.2) is 42.6 Å². The maximum atomic E-state index is 11.9. The van der Waals surface area contributed by atoms with Gasteiger partial charge in [-0.25, -0.2) is 4.52 Å². The molecular weight excluding hydrogens is 288 g/mol. The molecule has 1 saturated carbocycles. The number of nitrogens with one attached hydrogen (secondary N) is 1. The number of anilines is 1. The lowest BCUT2D eigenvalue weighted by Crippen LogP contribution is -2.14. The van der Waals surface area contributed by atoms with Crippen LogP contribution in [-0.4, -0.2) is 20.5 Å². The highest BCUT2D eigenvalue weighted by molar-refractivity contribution is 5.93. The minimum atomic E-state index is 0.0229. The van der Waals surface area contributed by atoms with Crippen molar-refractivity contribution in [2.75, 3.05) is 5.32 Å². The number of aryl methyl sites for hydroxylation is 1. The Kier molecular flexibility index (Phi) is 3.33. The molecule has 5 heteroatoms. The maximum Gasteiger partial charge on any atom is 0.249 e. The lowest BCUT2D eigenvalue weighted by atomic mass is 10.0. The minimum Gasteiger partial charge on any atom is -0.293 e. The Balaban J connectivity index is 1.71. The number of hydrogen-bond donors (Lipinski definition) is 1. The number of pyridine rings is 1. The summed E-state index contributed by atoms with van der Waals surface area (Å²) in [5, 5.41) is 7.16. The number of fused-ring (bicyclic) bond motifs is 1. The van der Waals surface area contributed by atoms with Crippen molar-refractivity contribution < 1.29 is 4.79 Å². The predicted octanol–water partition coefficient (Wildman–Crippen LogP) is 3.31. The van der Waals surface area contributed by atoms with Gasteiger partial charge < -0.3 is 0 Å². The van der Waals surface area contributed by atoms with E-state index >= 15 is 0 Å². The van der Waals surface area contributed by atoms with Gasteiger partial charge in [-0.05, 0) is 42.5 Å². The highest BCUT2D eigenvalue weighted by Crippen LogP contribution is 2.30. The third kappa shape index (κ3) is 2.70. The van der Waals surface area contributed by atoms with Crippen LogP contribution in [0.1, 0.15) is 25.3 Å². The number of benzene rings is 1. The van der Waals surface area contributed by atoms with Crippen LogP contribution in [0.3, 0.4) is 0 Å². The number of carbonyl (C=O) groups is 1. The van der Waals surface area contributed by atoms with Gasteiger partial charge in [-0.1, -0.05) is 31.2 Å². The number of amides is 1. The SMILES string of the molecule is CCc1ccc(-c2cccn3nc(NC(=O)C4CC4)nc23)cc1. The third-order valence-electron chi connectivity index (χ3n) is 4.22. The molecule has 0 unspecified atom stereocenters. The number of hydrogen-bond acceptors (Lipinski definition) is 3. The summed E-state index contributed by atoms with van der Waals surface area (Å²) in [6, 6.07) is 12.4. The first-order valence-electron chi connectivity index (χ1n) is 8.00. The van der Waals surface area contributed by atoms with Crippen LogP contribution >= 0.6 is 0 Å². The number of aromatic nitrogens is 3. The summed E-state index contributed by atoms with van der Waals surface area (Å²) in [4.78, 5) is 16.4. The Hall–Kier alpha value is -2.69. The molecule has 0 spiro atoms. The maximum absolute atomic E-state index is 11.9. The smallest absolute Gasteiger partial charge is 0.249 e. The van der Waals surface area contributed by atoms with Crippen LogP contribution in [0.4, 0.5) is 5.95 Å². The van der Waals surface area contributed by atoms with E-state index < -0.39 is 0 Å². The van der Waals surface area contributed by atoms with Gasteiger partial charge in [-0.2, -0.15) is 4.98 Å². The van der Waals surface area contributed by atoms with Crippen molar-refractivity contribution in [3.05, 3.63) is 48.2 Å². The van der Waals surface area contributed by atoms with Gasteiger partial charge in [0.25, 0.3) is 0 Å². The lowest BCUT2D eigenvalue weighted by Gasteiger charge is -2.04. The second-order valence-electron chi connectivity index (χ2n) is 5.94. The summed E-state index contributed by atoms with van der Waals surface area (Å²) in [6.07, 6.45) is 4.80. The van der Waals surface area contributed by atoms with Crippen LogP contribution in [0.25, 0.3) is 16.8 Å². The lowest BCUT2D eigenvalue weighted by molar-refractivity contribution is -0.117. The summed E-state index contributed by atoms with van der Waals surface area (Å²) in [5.74, 6) is 0.539. The molecule has 116 valence electrons. The molecule has 0 bridgehead atoms. The van der Waals surface area contributed by atoms with Gasteiger partial charge in [0, 0.05) is 17.7 Å². The van der Waals surface area contributed by atoms with Crippen molar-refractivity contribution in [3.8, 4) is 11.1 Å². The molecule has 2 heterocycles. The molecule has 4 rings (SSSR count). The summed E-state index contributed by atoms with van der Waals surface area (Å²) in [5.41, 5.74) is 4.16. The zero-order valence-electron chi connectivity index (χ0n) is 13.0. The molecule has 1 N–H and O–H groups in total. The topological polar surface area (TPSA) is 59.3 Å². The largest absolute Gasteiger partial charge is 0.293 e. The molecule has 5 nitrogen and oxygen atoms in total. The first-order chi connectivity index (χ1) is 11.2. The molecule has 0 saturated heterocycles. The van der Waals surface area contributed by atoms with Crippen LogP contribution in [0, 0.1) is 5.92 Å². The van der Waals surface area contributed by atoms with Crippen molar-refractivity contribution in [1.82, 2.24) is 14.6 Å². The Morgan fingerprint density at radius 3 is 2.74 bits per heavy atom. The van der Waals surface area contributed by atoms with E-state index in [0.717, 1.165) is 36.0 Å². The summed E-state index contributed by atoms with van der Waals surface area (Å²) in [6.45, 7) is 2.14. The molecule has 1 amide bonds. The van der Waals surface area contributed by atoms with E-state index in [-0.39, 0.29) is 11.8 Å². The molecule has 1 aliphatic rings. The molecule has 1 aromatic carbocycles. The Morgan fingerprint density at radius 2 is 2.04 bits per heavy atom. The van der Waals surface area contributed by atoms with Gasteiger partial charge in [-0.15, -0.1) is 5.10 Å². The van der Waals surface area contributed by atoms with E-state index in [0.29, 0.717) is 5.95 Å². The first kappa shape index (κ1) is 13.9. The summed E-state index contributed by atoms with van der Waals surface area (Å²) in [7, 11) is 0. The molecule has 2 aromatic heterocycles. The minimum absolute atomic E-state index is 0.0229.